The zero-order valence-corrected chi connectivity index (χ0v) is 7.21. The molecular formula is C7H16N2O3. The average molecular weight is 176 g/mol. The van der Waals surface area contributed by atoms with E-state index < -0.39 is 12.0 Å². The molecule has 1 atom stereocenters. The highest BCUT2D eigenvalue weighted by atomic mass is 16.4. The van der Waals surface area contributed by atoms with Crippen molar-refractivity contribution in [2.45, 2.75) is 13.0 Å². The van der Waals surface area contributed by atoms with Crippen molar-refractivity contribution in [3.8, 4) is 0 Å². The number of aliphatic carboxylic acids is 1. The van der Waals surface area contributed by atoms with E-state index in [0.29, 0.717) is 19.6 Å². The summed E-state index contributed by atoms with van der Waals surface area (Å²) in [6.45, 7) is 3.50. The van der Waals surface area contributed by atoms with Gasteiger partial charge in [0.15, 0.2) is 0 Å². The highest BCUT2D eigenvalue weighted by Gasteiger charge is 2.07. The number of hydrogen-bond donors (Lipinski definition) is 4. The van der Waals surface area contributed by atoms with Gasteiger partial charge in [-0.1, -0.05) is 0 Å². The van der Waals surface area contributed by atoms with Gasteiger partial charge in [-0.25, -0.2) is 0 Å². The summed E-state index contributed by atoms with van der Waals surface area (Å²) < 4.78 is 0. The van der Waals surface area contributed by atoms with Crippen molar-refractivity contribution in [2.24, 2.45) is 0 Å². The molecule has 0 aromatic heterocycles. The quantitative estimate of drug-likeness (QED) is 0.360. The lowest BCUT2D eigenvalue weighted by atomic mass is 10.3. The third-order valence-electron chi connectivity index (χ3n) is 1.41. The number of carbonyl (C=O) groups is 1. The van der Waals surface area contributed by atoms with E-state index >= 15 is 0 Å². The third kappa shape index (κ3) is 6.09. The number of carboxylic acid groups (broad SMARTS) is 1. The zero-order valence-electron chi connectivity index (χ0n) is 7.21. The van der Waals surface area contributed by atoms with Crippen LogP contribution >= 0.6 is 0 Å². The van der Waals surface area contributed by atoms with Crippen molar-refractivity contribution in [3.05, 3.63) is 0 Å². The smallest absolute Gasteiger partial charge is 0.320 e. The minimum absolute atomic E-state index is 0.106. The van der Waals surface area contributed by atoms with Crippen molar-refractivity contribution < 1.29 is 15.0 Å². The lowest BCUT2D eigenvalue weighted by Gasteiger charge is -2.08. The van der Waals surface area contributed by atoms with Gasteiger partial charge in [-0.3, -0.25) is 4.79 Å². The maximum absolute atomic E-state index is 10.3. The van der Waals surface area contributed by atoms with E-state index in [1.807, 2.05) is 0 Å². The van der Waals surface area contributed by atoms with E-state index in [-0.39, 0.29) is 6.61 Å². The number of aliphatic hydroxyl groups excluding tert-OH is 1. The fourth-order valence-electron chi connectivity index (χ4n) is 0.668. The van der Waals surface area contributed by atoms with Crippen molar-refractivity contribution in [1.29, 1.82) is 0 Å². The highest BCUT2D eigenvalue weighted by Crippen LogP contribution is 1.78. The first-order valence-corrected chi connectivity index (χ1v) is 3.96. The summed E-state index contributed by atoms with van der Waals surface area (Å²) in [4.78, 5) is 10.3. The van der Waals surface area contributed by atoms with Crippen LogP contribution in [0.2, 0.25) is 0 Å². The molecule has 0 aromatic rings. The second-order valence-corrected chi connectivity index (χ2v) is 2.49. The van der Waals surface area contributed by atoms with Crippen LogP contribution in [-0.4, -0.2) is 48.5 Å². The SMILES string of the molecule is CC(NCCNCCO)C(=O)O. The Balaban J connectivity index is 3.14. The molecule has 0 saturated heterocycles. The summed E-state index contributed by atoms with van der Waals surface area (Å²) in [6, 6.07) is -0.513. The molecule has 0 saturated carbocycles. The molecule has 0 amide bonds. The number of nitrogens with one attached hydrogen (secondary N) is 2. The van der Waals surface area contributed by atoms with Crippen molar-refractivity contribution >= 4 is 5.97 Å². The molecule has 0 aliphatic rings. The second kappa shape index (κ2) is 7.02. The molecule has 5 nitrogen and oxygen atoms in total. The van der Waals surface area contributed by atoms with Crippen LogP contribution < -0.4 is 10.6 Å². The van der Waals surface area contributed by atoms with Crippen LogP contribution in [0.4, 0.5) is 0 Å². The molecule has 0 fully saturated rings. The molecule has 0 aromatic carbocycles. The summed E-state index contributed by atoms with van der Waals surface area (Å²) in [7, 11) is 0. The molecule has 5 heteroatoms. The third-order valence-corrected chi connectivity index (χ3v) is 1.41. The van der Waals surface area contributed by atoms with Crippen LogP contribution in [0.1, 0.15) is 6.92 Å². The predicted octanol–water partition coefficient (Wildman–Crippen LogP) is -1.37. The van der Waals surface area contributed by atoms with Gasteiger partial charge in [0, 0.05) is 19.6 Å². The van der Waals surface area contributed by atoms with Crippen LogP contribution in [0.25, 0.3) is 0 Å². The minimum atomic E-state index is -0.850. The highest BCUT2D eigenvalue weighted by molar-refractivity contribution is 5.72. The molecule has 0 radical (unpaired) electrons. The van der Waals surface area contributed by atoms with Gasteiger partial charge in [-0.2, -0.15) is 0 Å². The monoisotopic (exact) mass is 176 g/mol. The van der Waals surface area contributed by atoms with Crippen LogP contribution in [-0.2, 0) is 4.79 Å². The van der Waals surface area contributed by atoms with Crippen LogP contribution in [0, 0.1) is 0 Å². The molecule has 0 rings (SSSR count). The van der Waals surface area contributed by atoms with Crippen LogP contribution in [0.3, 0.4) is 0 Å². The van der Waals surface area contributed by atoms with Crippen molar-refractivity contribution in [1.82, 2.24) is 10.6 Å². The number of aliphatic hydroxyl groups is 1. The molecule has 1 unspecified atom stereocenters. The second-order valence-electron chi connectivity index (χ2n) is 2.49. The Labute approximate surface area is 71.8 Å². The zero-order chi connectivity index (χ0) is 9.40. The fourth-order valence-corrected chi connectivity index (χ4v) is 0.668. The lowest BCUT2D eigenvalue weighted by molar-refractivity contribution is -0.138. The van der Waals surface area contributed by atoms with Crippen molar-refractivity contribution in [2.75, 3.05) is 26.2 Å². The lowest BCUT2D eigenvalue weighted by Crippen LogP contribution is -2.38. The molecule has 0 heterocycles. The van der Waals surface area contributed by atoms with E-state index in [2.05, 4.69) is 10.6 Å². The van der Waals surface area contributed by atoms with E-state index in [9.17, 15) is 4.79 Å². The maximum Gasteiger partial charge on any atom is 0.320 e. The van der Waals surface area contributed by atoms with Gasteiger partial charge in [0.05, 0.1) is 6.61 Å². The van der Waals surface area contributed by atoms with Gasteiger partial charge < -0.3 is 20.8 Å². The topological polar surface area (TPSA) is 81.6 Å². The number of hydrogen-bond acceptors (Lipinski definition) is 4. The molecule has 0 aliphatic heterocycles. The Bertz CT molecular complexity index is 130. The Morgan fingerprint density at radius 1 is 1.42 bits per heavy atom. The summed E-state index contributed by atoms with van der Waals surface area (Å²) in [5.41, 5.74) is 0. The van der Waals surface area contributed by atoms with E-state index in [1.165, 1.54) is 0 Å². The van der Waals surface area contributed by atoms with Gasteiger partial charge in [0.1, 0.15) is 6.04 Å². The molecule has 12 heavy (non-hydrogen) atoms. The molecule has 72 valence electrons. The van der Waals surface area contributed by atoms with Gasteiger partial charge in [-0.05, 0) is 6.92 Å². The fraction of sp³-hybridized carbons (Fsp3) is 0.857. The normalized spacial score (nSPS) is 12.8. The van der Waals surface area contributed by atoms with Gasteiger partial charge in [0.25, 0.3) is 0 Å². The summed E-state index contributed by atoms with van der Waals surface area (Å²) >= 11 is 0. The molecule has 0 spiro atoms. The summed E-state index contributed by atoms with van der Waals surface area (Å²) in [6.07, 6.45) is 0. The number of rotatable bonds is 7. The Morgan fingerprint density at radius 2 is 2.08 bits per heavy atom. The number of carboxylic acids is 1. The van der Waals surface area contributed by atoms with E-state index in [4.69, 9.17) is 10.2 Å². The minimum Gasteiger partial charge on any atom is -0.480 e. The average Bonchev–Trinajstić information content (AvgIpc) is 2.03. The summed E-state index contributed by atoms with van der Waals surface area (Å²) in [5, 5.41) is 22.6. The molecule has 4 N–H and O–H groups in total. The Kier molecular flexibility index (Phi) is 6.64. The van der Waals surface area contributed by atoms with Crippen LogP contribution in [0.15, 0.2) is 0 Å². The maximum atomic E-state index is 10.3. The molecule has 0 bridgehead atoms. The molecular weight excluding hydrogens is 160 g/mol. The first-order valence-electron chi connectivity index (χ1n) is 3.96. The first kappa shape index (κ1) is 11.4. The first-order chi connectivity index (χ1) is 5.68. The Hall–Kier alpha value is -0.650. The Morgan fingerprint density at radius 3 is 2.58 bits per heavy atom. The van der Waals surface area contributed by atoms with Gasteiger partial charge in [-0.15, -0.1) is 0 Å². The predicted molar refractivity (Wildman–Crippen MR) is 45.1 cm³/mol. The van der Waals surface area contributed by atoms with Crippen LogP contribution in [0.5, 0.6) is 0 Å². The molecule has 0 aliphatic carbocycles. The largest absolute Gasteiger partial charge is 0.480 e. The van der Waals surface area contributed by atoms with E-state index in [0.717, 1.165) is 0 Å². The van der Waals surface area contributed by atoms with Gasteiger partial charge in [0.2, 0.25) is 0 Å². The van der Waals surface area contributed by atoms with Gasteiger partial charge >= 0.3 is 5.97 Å². The summed E-state index contributed by atoms with van der Waals surface area (Å²) in [5.74, 6) is -0.850. The van der Waals surface area contributed by atoms with Crippen molar-refractivity contribution in [3.63, 3.8) is 0 Å². The van der Waals surface area contributed by atoms with E-state index in [1.54, 1.807) is 6.92 Å². The standard InChI is InChI=1S/C7H16N2O3/c1-6(7(11)12)9-3-2-8-4-5-10/h6,8-10H,2-5H2,1H3,(H,11,12).